The lowest BCUT2D eigenvalue weighted by atomic mass is 10.1. The summed E-state index contributed by atoms with van der Waals surface area (Å²) in [5.41, 5.74) is 1.16. The Kier molecular flexibility index (Phi) is 8.48. The van der Waals surface area contributed by atoms with Crippen molar-refractivity contribution in [1.29, 1.82) is 0 Å². The number of benzene rings is 1. The van der Waals surface area contributed by atoms with Gasteiger partial charge in [0.05, 0.1) is 25.5 Å². The Labute approximate surface area is 129 Å². The van der Waals surface area contributed by atoms with Crippen LogP contribution in [0.15, 0.2) is 18.2 Å². The number of ether oxygens (including phenoxy) is 2. The predicted octanol–water partition coefficient (Wildman–Crippen LogP) is 1.68. The van der Waals surface area contributed by atoms with E-state index in [2.05, 4.69) is 17.2 Å². The molecule has 0 unspecified atom stereocenters. The molecule has 1 rings (SSSR count). The standard InChI is InChI=1S/C15H18ClNO4/c1-20-8-9-21-11-15(19)17-14-6-5-13(16)10-12(14)4-2-3-7-18/h5-6,10,18H,3,7-9,11H2,1H3,(H,17,19). The number of amides is 1. The molecule has 0 fully saturated rings. The highest BCUT2D eigenvalue weighted by Crippen LogP contribution is 2.19. The van der Waals surface area contributed by atoms with Crippen molar-refractivity contribution < 1.29 is 19.4 Å². The quantitative estimate of drug-likeness (QED) is 0.594. The lowest BCUT2D eigenvalue weighted by Gasteiger charge is -2.08. The molecular weight excluding hydrogens is 294 g/mol. The van der Waals surface area contributed by atoms with Gasteiger partial charge < -0.3 is 19.9 Å². The monoisotopic (exact) mass is 311 g/mol. The zero-order valence-electron chi connectivity index (χ0n) is 11.8. The van der Waals surface area contributed by atoms with Gasteiger partial charge in [-0.3, -0.25) is 4.79 Å². The first kappa shape index (κ1) is 17.5. The average Bonchev–Trinajstić information content (AvgIpc) is 2.47. The fourth-order valence-corrected chi connectivity index (χ4v) is 1.61. The number of aliphatic hydroxyl groups is 1. The van der Waals surface area contributed by atoms with Crippen LogP contribution in [-0.2, 0) is 14.3 Å². The molecule has 5 nitrogen and oxygen atoms in total. The van der Waals surface area contributed by atoms with Gasteiger partial charge in [-0.1, -0.05) is 23.4 Å². The number of nitrogens with one attached hydrogen (secondary N) is 1. The number of methoxy groups -OCH3 is 1. The molecule has 0 saturated carbocycles. The van der Waals surface area contributed by atoms with Crippen molar-refractivity contribution >= 4 is 23.2 Å². The number of hydrogen-bond donors (Lipinski definition) is 2. The minimum Gasteiger partial charge on any atom is -0.395 e. The lowest BCUT2D eigenvalue weighted by Crippen LogP contribution is -2.20. The van der Waals surface area contributed by atoms with Crippen LogP contribution in [0.4, 0.5) is 5.69 Å². The smallest absolute Gasteiger partial charge is 0.250 e. The van der Waals surface area contributed by atoms with Crippen molar-refractivity contribution in [2.75, 3.05) is 38.9 Å². The summed E-state index contributed by atoms with van der Waals surface area (Å²) in [7, 11) is 1.56. The molecule has 0 bridgehead atoms. The van der Waals surface area contributed by atoms with E-state index in [-0.39, 0.29) is 19.1 Å². The molecule has 0 atom stereocenters. The molecule has 0 aliphatic rings. The zero-order chi connectivity index (χ0) is 15.5. The zero-order valence-corrected chi connectivity index (χ0v) is 12.6. The summed E-state index contributed by atoms with van der Waals surface area (Å²) < 4.78 is 9.96. The van der Waals surface area contributed by atoms with E-state index in [1.807, 2.05) is 0 Å². The van der Waals surface area contributed by atoms with Crippen LogP contribution in [-0.4, -0.2) is 44.6 Å². The van der Waals surface area contributed by atoms with E-state index in [1.54, 1.807) is 25.3 Å². The van der Waals surface area contributed by atoms with E-state index >= 15 is 0 Å². The summed E-state index contributed by atoms with van der Waals surface area (Å²) in [6, 6.07) is 5.01. The second-order valence-corrected chi connectivity index (χ2v) is 4.50. The second-order valence-electron chi connectivity index (χ2n) is 4.06. The molecule has 1 amide bonds. The molecule has 0 aromatic heterocycles. The highest BCUT2D eigenvalue weighted by atomic mass is 35.5. The first-order valence-corrected chi connectivity index (χ1v) is 6.81. The second kappa shape index (κ2) is 10.2. The minimum absolute atomic E-state index is 0.0113. The number of anilines is 1. The summed E-state index contributed by atoms with van der Waals surface area (Å²) in [6.07, 6.45) is 0.361. The number of aliphatic hydroxyl groups excluding tert-OH is 1. The lowest BCUT2D eigenvalue weighted by molar-refractivity contribution is -0.121. The van der Waals surface area contributed by atoms with Crippen molar-refractivity contribution in [3.63, 3.8) is 0 Å². The van der Waals surface area contributed by atoms with Crippen LogP contribution in [0.3, 0.4) is 0 Å². The van der Waals surface area contributed by atoms with Gasteiger partial charge in [0.15, 0.2) is 0 Å². The van der Waals surface area contributed by atoms with Gasteiger partial charge in [-0.15, -0.1) is 0 Å². The molecule has 0 aliphatic heterocycles. The Morgan fingerprint density at radius 2 is 2.24 bits per heavy atom. The maximum Gasteiger partial charge on any atom is 0.250 e. The van der Waals surface area contributed by atoms with Gasteiger partial charge in [0, 0.05) is 24.1 Å². The minimum atomic E-state index is -0.279. The Balaban J connectivity index is 2.65. The van der Waals surface area contributed by atoms with Gasteiger partial charge in [-0.2, -0.15) is 0 Å². The van der Waals surface area contributed by atoms with Crippen LogP contribution in [0.1, 0.15) is 12.0 Å². The van der Waals surface area contributed by atoms with Crippen LogP contribution in [0.2, 0.25) is 5.02 Å². The highest BCUT2D eigenvalue weighted by Gasteiger charge is 2.06. The Hall–Kier alpha value is -1.58. The molecule has 2 N–H and O–H groups in total. The molecular formula is C15H18ClNO4. The Bertz CT molecular complexity index is 522. The third-order valence-corrected chi connectivity index (χ3v) is 2.62. The summed E-state index contributed by atoms with van der Waals surface area (Å²) >= 11 is 5.92. The molecule has 0 saturated heterocycles. The van der Waals surface area contributed by atoms with Gasteiger partial charge in [0.1, 0.15) is 6.61 Å². The van der Waals surface area contributed by atoms with E-state index in [4.69, 9.17) is 26.2 Å². The number of halogens is 1. The maximum atomic E-state index is 11.7. The molecule has 0 aliphatic carbocycles. The molecule has 0 spiro atoms. The Morgan fingerprint density at radius 3 is 2.95 bits per heavy atom. The van der Waals surface area contributed by atoms with Crippen LogP contribution < -0.4 is 5.32 Å². The predicted molar refractivity (Wildman–Crippen MR) is 81.4 cm³/mol. The summed E-state index contributed by atoms with van der Waals surface area (Å²) in [5.74, 6) is 5.38. The summed E-state index contributed by atoms with van der Waals surface area (Å²) in [6.45, 7) is 0.720. The third-order valence-electron chi connectivity index (χ3n) is 2.38. The van der Waals surface area contributed by atoms with Gasteiger partial charge >= 0.3 is 0 Å². The van der Waals surface area contributed by atoms with E-state index in [1.165, 1.54) is 0 Å². The maximum absolute atomic E-state index is 11.7. The molecule has 1 aromatic rings. The first-order chi connectivity index (χ1) is 10.2. The van der Waals surface area contributed by atoms with E-state index in [0.29, 0.717) is 35.9 Å². The van der Waals surface area contributed by atoms with Gasteiger partial charge in [-0.05, 0) is 18.2 Å². The van der Waals surface area contributed by atoms with Crippen molar-refractivity contribution in [1.82, 2.24) is 0 Å². The largest absolute Gasteiger partial charge is 0.395 e. The fraction of sp³-hybridized carbons (Fsp3) is 0.400. The SMILES string of the molecule is COCCOCC(=O)Nc1ccc(Cl)cc1C#CCCO. The first-order valence-electron chi connectivity index (χ1n) is 6.43. The summed E-state index contributed by atoms with van der Waals surface area (Å²) in [5, 5.41) is 12.0. The van der Waals surface area contributed by atoms with Crippen molar-refractivity contribution in [2.45, 2.75) is 6.42 Å². The van der Waals surface area contributed by atoms with Gasteiger partial charge in [0.2, 0.25) is 5.91 Å². The van der Waals surface area contributed by atoms with Crippen LogP contribution in [0.5, 0.6) is 0 Å². The van der Waals surface area contributed by atoms with Gasteiger partial charge in [-0.25, -0.2) is 0 Å². The molecule has 0 radical (unpaired) electrons. The number of carbonyl (C=O) groups excluding carboxylic acids is 1. The number of rotatable bonds is 7. The number of hydrogen-bond acceptors (Lipinski definition) is 4. The Morgan fingerprint density at radius 1 is 1.43 bits per heavy atom. The topological polar surface area (TPSA) is 67.8 Å². The van der Waals surface area contributed by atoms with Crippen LogP contribution in [0, 0.1) is 11.8 Å². The van der Waals surface area contributed by atoms with E-state index in [9.17, 15) is 4.79 Å². The average molecular weight is 312 g/mol. The summed E-state index contributed by atoms with van der Waals surface area (Å²) in [4.78, 5) is 11.7. The van der Waals surface area contributed by atoms with Crippen molar-refractivity contribution in [2.24, 2.45) is 0 Å². The molecule has 6 heteroatoms. The third kappa shape index (κ3) is 7.11. The van der Waals surface area contributed by atoms with Crippen molar-refractivity contribution in [3.05, 3.63) is 28.8 Å². The van der Waals surface area contributed by atoms with Crippen molar-refractivity contribution in [3.8, 4) is 11.8 Å². The molecule has 21 heavy (non-hydrogen) atoms. The fourth-order valence-electron chi connectivity index (χ4n) is 1.44. The molecule has 114 valence electrons. The molecule has 0 heterocycles. The van der Waals surface area contributed by atoms with Gasteiger partial charge in [0.25, 0.3) is 0 Å². The van der Waals surface area contributed by atoms with E-state index < -0.39 is 0 Å². The van der Waals surface area contributed by atoms with Crippen LogP contribution >= 0.6 is 11.6 Å². The van der Waals surface area contributed by atoms with Crippen LogP contribution in [0.25, 0.3) is 0 Å². The molecule has 1 aromatic carbocycles. The highest BCUT2D eigenvalue weighted by molar-refractivity contribution is 6.30. The normalized spacial score (nSPS) is 9.86. The number of carbonyl (C=O) groups is 1. The van der Waals surface area contributed by atoms with E-state index in [0.717, 1.165) is 0 Å².